The lowest BCUT2D eigenvalue weighted by Gasteiger charge is -2.22. The van der Waals surface area contributed by atoms with Crippen molar-refractivity contribution in [1.82, 2.24) is 15.5 Å². The summed E-state index contributed by atoms with van der Waals surface area (Å²) in [6.07, 6.45) is 0. The fourth-order valence-corrected chi connectivity index (χ4v) is 1.80. The molecular weight excluding hydrogens is 218 g/mol. The maximum Gasteiger partial charge on any atom is 0.232 e. The molecule has 5 heteroatoms. The summed E-state index contributed by atoms with van der Waals surface area (Å²) in [7, 11) is 1.63. The maximum atomic E-state index is 5.28. The Kier molecular flexibility index (Phi) is 2.53. The van der Waals surface area contributed by atoms with E-state index in [9.17, 15) is 0 Å². The standard InChI is InChI=1S/C12H13N3O2/c1-16-10-5-3-2-4-9(10)11-14-12(17-15-11)8-6-13-7-8/h2-5,8,13H,6-7H2,1H3. The van der Waals surface area contributed by atoms with Crippen LogP contribution < -0.4 is 10.1 Å². The summed E-state index contributed by atoms with van der Waals surface area (Å²) in [4.78, 5) is 4.41. The summed E-state index contributed by atoms with van der Waals surface area (Å²) in [5, 5.41) is 7.18. The number of benzene rings is 1. The van der Waals surface area contributed by atoms with Gasteiger partial charge in [0, 0.05) is 13.1 Å². The van der Waals surface area contributed by atoms with Crippen LogP contribution >= 0.6 is 0 Å². The Bertz CT molecular complexity index is 520. The van der Waals surface area contributed by atoms with Crippen LogP contribution in [0.25, 0.3) is 11.4 Å². The molecule has 0 spiro atoms. The van der Waals surface area contributed by atoms with Crippen LogP contribution in [0, 0.1) is 0 Å². The Balaban J connectivity index is 1.94. The first-order valence-electron chi connectivity index (χ1n) is 5.56. The van der Waals surface area contributed by atoms with Crippen molar-refractivity contribution in [3.63, 3.8) is 0 Å². The van der Waals surface area contributed by atoms with Gasteiger partial charge in [-0.15, -0.1) is 0 Å². The molecule has 88 valence electrons. The molecule has 0 amide bonds. The van der Waals surface area contributed by atoms with Crippen LogP contribution in [-0.2, 0) is 0 Å². The Morgan fingerprint density at radius 1 is 1.35 bits per heavy atom. The monoisotopic (exact) mass is 231 g/mol. The van der Waals surface area contributed by atoms with E-state index in [2.05, 4.69) is 15.5 Å². The summed E-state index contributed by atoms with van der Waals surface area (Å²) in [5.74, 6) is 2.39. The summed E-state index contributed by atoms with van der Waals surface area (Å²) in [5.41, 5.74) is 0.859. The molecule has 1 aromatic carbocycles. The number of nitrogens with zero attached hydrogens (tertiary/aromatic N) is 2. The minimum Gasteiger partial charge on any atom is -0.496 e. The maximum absolute atomic E-state index is 5.28. The van der Waals surface area contributed by atoms with Gasteiger partial charge in [-0.25, -0.2) is 0 Å². The van der Waals surface area contributed by atoms with E-state index in [4.69, 9.17) is 9.26 Å². The predicted octanol–water partition coefficient (Wildman–Crippen LogP) is 1.43. The number of aromatic nitrogens is 2. The van der Waals surface area contributed by atoms with Crippen molar-refractivity contribution >= 4 is 0 Å². The van der Waals surface area contributed by atoms with Crippen LogP contribution in [0.3, 0.4) is 0 Å². The number of rotatable bonds is 3. The van der Waals surface area contributed by atoms with Gasteiger partial charge in [0.1, 0.15) is 5.75 Å². The van der Waals surface area contributed by atoms with Crippen molar-refractivity contribution in [1.29, 1.82) is 0 Å². The Labute approximate surface area is 98.8 Å². The molecule has 1 saturated heterocycles. The lowest BCUT2D eigenvalue weighted by Crippen LogP contribution is -2.40. The second-order valence-corrected chi connectivity index (χ2v) is 4.01. The SMILES string of the molecule is COc1ccccc1-c1noc(C2CNC2)n1. The first-order chi connectivity index (χ1) is 8.38. The first kappa shape index (κ1) is 10.3. The normalized spacial score (nSPS) is 15.6. The van der Waals surface area contributed by atoms with Crippen molar-refractivity contribution in [2.45, 2.75) is 5.92 Å². The van der Waals surface area contributed by atoms with Crippen molar-refractivity contribution < 1.29 is 9.26 Å². The molecule has 1 aliphatic rings. The van der Waals surface area contributed by atoms with Crippen molar-refractivity contribution in [3.05, 3.63) is 30.2 Å². The Hall–Kier alpha value is -1.88. The van der Waals surface area contributed by atoms with Gasteiger partial charge in [0.25, 0.3) is 0 Å². The lowest BCUT2D eigenvalue weighted by atomic mass is 10.0. The van der Waals surface area contributed by atoms with E-state index in [0.29, 0.717) is 17.6 Å². The van der Waals surface area contributed by atoms with Gasteiger partial charge in [-0.2, -0.15) is 4.98 Å². The third-order valence-electron chi connectivity index (χ3n) is 2.92. The molecule has 1 aromatic heterocycles. The van der Waals surface area contributed by atoms with Gasteiger partial charge >= 0.3 is 0 Å². The quantitative estimate of drug-likeness (QED) is 0.866. The second-order valence-electron chi connectivity index (χ2n) is 4.01. The van der Waals surface area contributed by atoms with E-state index in [1.807, 2.05) is 24.3 Å². The zero-order valence-electron chi connectivity index (χ0n) is 9.51. The van der Waals surface area contributed by atoms with Crippen molar-refractivity contribution in [2.75, 3.05) is 20.2 Å². The van der Waals surface area contributed by atoms with Crippen LogP contribution in [0.4, 0.5) is 0 Å². The molecule has 3 rings (SSSR count). The summed E-state index contributed by atoms with van der Waals surface area (Å²) >= 11 is 0. The highest BCUT2D eigenvalue weighted by molar-refractivity contribution is 5.63. The van der Waals surface area contributed by atoms with Gasteiger partial charge in [0.15, 0.2) is 0 Å². The van der Waals surface area contributed by atoms with Crippen LogP contribution in [0.2, 0.25) is 0 Å². The third-order valence-corrected chi connectivity index (χ3v) is 2.92. The summed E-state index contributed by atoms with van der Waals surface area (Å²) in [6, 6.07) is 7.65. The van der Waals surface area contributed by atoms with Crippen LogP contribution in [-0.4, -0.2) is 30.3 Å². The fourth-order valence-electron chi connectivity index (χ4n) is 1.80. The van der Waals surface area contributed by atoms with Gasteiger partial charge < -0.3 is 14.6 Å². The minimum atomic E-state index is 0.353. The molecule has 17 heavy (non-hydrogen) atoms. The molecule has 0 bridgehead atoms. The largest absolute Gasteiger partial charge is 0.496 e. The second kappa shape index (κ2) is 4.18. The average molecular weight is 231 g/mol. The highest BCUT2D eigenvalue weighted by Gasteiger charge is 2.25. The van der Waals surface area contributed by atoms with E-state index >= 15 is 0 Å². The molecule has 2 aromatic rings. The first-order valence-corrected chi connectivity index (χ1v) is 5.56. The number of para-hydroxylation sites is 1. The molecule has 1 fully saturated rings. The van der Waals surface area contributed by atoms with Gasteiger partial charge in [0.05, 0.1) is 18.6 Å². The van der Waals surface area contributed by atoms with Gasteiger partial charge in [-0.1, -0.05) is 17.3 Å². The molecule has 0 radical (unpaired) electrons. The summed E-state index contributed by atoms with van der Waals surface area (Å²) in [6.45, 7) is 1.82. The number of hydrogen-bond donors (Lipinski definition) is 1. The zero-order valence-corrected chi connectivity index (χ0v) is 9.51. The molecular formula is C12H13N3O2. The molecule has 0 saturated carbocycles. The average Bonchev–Trinajstić information content (AvgIpc) is 2.76. The predicted molar refractivity (Wildman–Crippen MR) is 61.9 cm³/mol. The van der Waals surface area contributed by atoms with Crippen LogP contribution in [0.1, 0.15) is 11.8 Å². The molecule has 5 nitrogen and oxygen atoms in total. The van der Waals surface area contributed by atoms with Crippen LogP contribution in [0.15, 0.2) is 28.8 Å². The van der Waals surface area contributed by atoms with Crippen molar-refractivity contribution in [3.8, 4) is 17.1 Å². The zero-order chi connectivity index (χ0) is 11.7. The molecule has 0 aliphatic carbocycles. The van der Waals surface area contributed by atoms with Gasteiger partial charge in [-0.05, 0) is 12.1 Å². The molecule has 0 atom stereocenters. The van der Waals surface area contributed by atoms with Crippen molar-refractivity contribution in [2.24, 2.45) is 0 Å². The molecule has 1 N–H and O–H groups in total. The number of methoxy groups -OCH3 is 1. The Morgan fingerprint density at radius 3 is 2.88 bits per heavy atom. The topological polar surface area (TPSA) is 60.2 Å². The fraction of sp³-hybridized carbons (Fsp3) is 0.333. The Morgan fingerprint density at radius 2 is 2.18 bits per heavy atom. The minimum absolute atomic E-state index is 0.353. The van der Waals surface area contributed by atoms with E-state index in [0.717, 1.165) is 24.4 Å². The third kappa shape index (κ3) is 1.78. The van der Waals surface area contributed by atoms with E-state index < -0.39 is 0 Å². The van der Waals surface area contributed by atoms with E-state index in [1.54, 1.807) is 7.11 Å². The van der Waals surface area contributed by atoms with E-state index in [1.165, 1.54) is 0 Å². The smallest absolute Gasteiger partial charge is 0.232 e. The highest BCUT2D eigenvalue weighted by Crippen LogP contribution is 2.28. The van der Waals surface area contributed by atoms with Gasteiger partial charge in [0.2, 0.25) is 11.7 Å². The lowest BCUT2D eigenvalue weighted by molar-refractivity contribution is 0.308. The number of nitrogens with one attached hydrogen (secondary N) is 1. The van der Waals surface area contributed by atoms with Crippen LogP contribution in [0.5, 0.6) is 5.75 Å². The van der Waals surface area contributed by atoms with E-state index in [-0.39, 0.29) is 0 Å². The number of ether oxygens (including phenoxy) is 1. The molecule has 0 unspecified atom stereocenters. The summed E-state index contributed by atoms with van der Waals surface area (Å²) < 4.78 is 10.5. The van der Waals surface area contributed by atoms with Gasteiger partial charge in [-0.3, -0.25) is 0 Å². The molecule has 1 aliphatic heterocycles. The number of hydrogen-bond acceptors (Lipinski definition) is 5. The highest BCUT2D eigenvalue weighted by atomic mass is 16.5. The molecule has 2 heterocycles.